The van der Waals surface area contributed by atoms with Gasteiger partial charge in [-0.2, -0.15) is 0 Å². The van der Waals surface area contributed by atoms with Crippen molar-refractivity contribution < 1.29 is 14.3 Å². The number of guanidine groups is 1. The summed E-state index contributed by atoms with van der Waals surface area (Å²) in [4.78, 5) is 16.3. The first-order chi connectivity index (χ1) is 13.0. The molecule has 0 saturated heterocycles. The van der Waals surface area contributed by atoms with E-state index in [0.29, 0.717) is 18.0 Å². The lowest BCUT2D eigenvalue weighted by Crippen LogP contribution is -2.37. The van der Waals surface area contributed by atoms with Crippen molar-refractivity contribution in [2.75, 3.05) is 26.1 Å². The first-order valence-electron chi connectivity index (χ1n) is 8.69. The third-order valence-electron chi connectivity index (χ3n) is 3.93. The van der Waals surface area contributed by atoms with Gasteiger partial charge in [0.05, 0.1) is 27.3 Å². The van der Waals surface area contributed by atoms with Gasteiger partial charge in [-0.25, -0.2) is 4.99 Å². The van der Waals surface area contributed by atoms with Crippen LogP contribution in [0, 0.1) is 0 Å². The summed E-state index contributed by atoms with van der Waals surface area (Å²) in [5.74, 6) is 1.29. The molecule has 0 aliphatic carbocycles. The molecule has 0 unspecified atom stereocenters. The van der Waals surface area contributed by atoms with Crippen LogP contribution < -0.4 is 25.8 Å². The average molecular weight is 370 g/mol. The topological polar surface area (TPSA) is 98.0 Å². The number of amides is 1. The van der Waals surface area contributed by atoms with E-state index in [2.05, 4.69) is 22.5 Å². The standard InChI is InChI=1S/C20H26N4O3/c1-4-14-6-5-7-16(10-14)24-19(25)13-23-20(21)22-12-15-8-9-17(26-2)18(11-15)27-3/h5-11H,4,12-13H2,1-3H3,(H,24,25)(H3,21,22,23). The molecule has 7 heteroatoms. The lowest BCUT2D eigenvalue weighted by atomic mass is 10.1. The number of aryl methyl sites for hydroxylation is 1. The fraction of sp³-hybridized carbons (Fsp3) is 0.300. The molecule has 2 aromatic rings. The molecule has 0 radical (unpaired) electrons. The fourth-order valence-electron chi connectivity index (χ4n) is 2.46. The molecule has 0 atom stereocenters. The van der Waals surface area contributed by atoms with Gasteiger partial charge in [0.15, 0.2) is 17.5 Å². The molecule has 1 amide bonds. The van der Waals surface area contributed by atoms with Crippen molar-refractivity contribution in [3.63, 3.8) is 0 Å². The number of benzene rings is 2. The number of nitrogens with two attached hydrogens (primary N) is 1. The minimum atomic E-state index is -0.187. The van der Waals surface area contributed by atoms with Crippen molar-refractivity contribution in [1.29, 1.82) is 0 Å². The highest BCUT2D eigenvalue weighted by Crippen LogP contribution is 2.27. The van der Waals surface area contributed by atoms with Crippen molar-refractivity contribution in [1.82, 2.24) is 5.32 Å². The summed E-state index contributed by atoms with van der Waals surface area (Å²) in [6.45, 7) is 2.47. The minimum absolute atomic E-state index is 0.0393. The van der Waals surface area contributed by atoms with Crippen LogP contribution >= 0.6 is 0 Å². The first kappa shape index (κ1) is 20.1. The normalized spacial score (nSPS) is 11.0. The number of aliphatic imine (C=N–C) groups is 1. The number of carbonyl (C=O) groups is 1. The zero-order chi connectivity index (χ0) is 19.6. The molecule has 0 saturated carbocycles. The van der Waals surface area contributed by atoms with Crippen LogP contribution in [-0.2, 0) is 17.8 Å². The molecular weight excluding hydrogens is 344 g/mol. The number of nitrogens with one attached hydrogen (secondary N) is 2. The molecule has 144 valence electrons. The summed E-state index contributed by atoms with van der Waals surface area (Å²) >= 11 is 0. The summed E-state index contributed by atoms with van der Waals surface area (Å²) in [7, 11) is 3.16. The number of methoxy groups -OCH3 is 2. The van der Waals surface area contributed by atoms with E-state index in [4.69, 9.17) is 15.2 Å². The van der Waals surface area contributed by atoms with Gasteiger partial charge >= 0.3 is 0 Å². The fourth-order valence-corrected chi connectivity index (χ4v) is 2.46. The van der Waals surface area contributed by atoms with Gasteiger partial charge < -0.3 is 25.8 Å². The molecule has 2 rings (SSSR count). The van der Waals surface area contributed by atoms with E-state index < -0.39 is 0 Å². The maximum absolute atomic E-state index is 12.0. The highest BCUT2D eigenvalue weighted by atomic mass is 16.5. The predicted octanol–water partition coefficient (Wildman–Crippen LogP) is 2.31. The number of hydrogen-bond acceptors (Lipinski definition) is 4. The number of nitrogens with zero attached hydrogens (tertiary/aromatic N) is 1. The molecule has 2 aromatic carbocycles. The molecule has 0 aromatic heterocycles. The lowest BCUT2D eigenvalue weighted by molar-refractivity contribution is -0.115. The number of anilines is 1. The van der Waals surface area contributed by atoms with E-state index in [-0.39, 0.29) is 18.4 Å². The third-order valence-corrected chi connectivity index (χ3v) is 3.93. The second kappa shape index (κ2) is 10.1. The van der Waals surface area contributed by atoms with Gasteiger partial charge in [0, 0.05) is 5.69 Å². The molecular formula is C20H26N4O3. The monoisotopic (exact) mass is 370 g/mol. The van der Waals surface area contributed by atoms with Gasteiger partial charge in [-0.1, -0.05) is 25.1 Å². The van der Waals surface area contributed by atoms with Crippen LogP contribution in [0.1, 0.15) is 18.1 Å². The van der Waals surface area contributed by atoms with E-state index in [1.807, 2.05) is 42.5 Å². The van der Waals surface area contributed by atoms with Crippen LogP contribution in [-0.4, -0.2) is 32.6 Å². The number of ether oxygens (including phenoxy) is 2. The molecule has 27 heavy (non-hydrogen) atoms. The lowest BCUT2D eigenvalue weighted by Gasteiger charge is -2.10. The number of hydrogen-bond donors (Lipinski definition) is 3. The van der Waals surface area contributed by atoms with Crippen molar-refractivity contribution in [2.24, 2.45) is 10.7 Å². The van der Waals surface area contributed by atoms with E-state index >= 15 is 0 Å². The Kier molecular flexibility index (Phi) is 7.49. The van der Waals surface area contributed by atoms with Gasteiger partial charge in [0.2, 0.25) is 5.91 Å². The maximum atomic E-state index is 12.0. The molecule has 0 heterocycles. The third kappa shape index (κ3) is 6.22. The second-order valence-corrected chi connectivity index (χ2v) is 5.85. The highest BCUT2D eigenvalue weighted by molar-refractivity contribution is 5.94. The van der Waals surface area contributed by atoms with E-state index in [1.54, 1.807) is 14.2 Å². The quantitative estimate of drug-likeness (QED) is 0.489. The predicted molar refractivity (Wildman–Crippen MR) is 107 cm³/mol. The molecule has 0 fully saturated rings. The Morgan fingerprint density at radius 1 is 1.07 bits per heavy atom. The Bertz CT molecular complexity index is 806. The van der Waals surface area contributed by atoms with Crippen molar-refractivity contribution in [3.8, 4) is 11.5 Å². The molecule has 0 aliphatic heterocycles. The van der Waals surface area contributed by atoms with Crippen LogP contribution in [0.15, 0.2) is 47.5 Å². The molecule has 4 N–H and O–H groups in total. The Balaban J connectivity index is 1.85. The van der Waals surface area contributed by atoms with Gasteiger partial charge in [0.1, 0.15) is 0 Å². The van der Waals surface area contributed by atoms with Gasteiger partial charge in [-0.15, -0.1) is 0 Å². The Morgan fingerprint density at radius 3 is 2.56 bits per heavy atom. The number of rotatable bonds is 8. The van der Waals surface area contributed by atoms with Gasteiger partial charge in [0.25, 0.3) is 0 Å². The smallest absolute Gasteiger partial charge is 0.243 e. The summed E-state index contributed by atoms with van der Waals surface area (Å²) in [6, 6.07) is 13.3. The largest absolute Gasteiger partial charge is 0.493 e. The minimum Gasteiger partial charge on any atom is -0.493 e. The van der Waals surface area contributed by atoms with Crippen molar-refractivity contribution in [3.05, 3.63) is 53.6 Å². The van der Waals surface area contributed by atoms with Gasteiger partial charge in [-0.3, -0.25) is 4.79 Å². The molecule has 0 aliphatic rings. The first-order valence-corrected chi connectivity index (χ1v) is 8.69. The Hall–Kier alpha value is -3.22. The molecule has 0 spiro atoms. The zero-order valence-corrected chi connectivity index (χ0v) is 15.9. The van der Waals surface area contributed by atoms with Crippen LogP contribution in [0.4, 0.5) is 5.69 Å². The van der Waals surface area contributed by atoms with E-state index in [9.17, 15) is 4.79 Å². The molecule has 7 nitrogen and oxygen atoms in total. The van der Waals surface area contributed by atoms with Crippen LogP contribution in [0.2, 0.25) is 0 Å². The summed E-state index contributed by atoms with van der Waals surface area (Å²) in [6.07, 6.45) is 0.914. The number of carbonyl (C=O) groups excluding carboxylic acids is 1. The SMILES string of the molecule is CCc1cccc(NC(=O)CNC(N)=NCc2ccc(OC)c(OC)c2)c1. The van der Waals surface area contributed by atoms with E-state index in [1.165, 1.54) is 0 Å². The average Bonchev–Trinajstić information content (AvgIpc) is 2.70. The highest BCUT2D eigenvalue weighted by Gasteiger charge is 2.05. The van der Waals surface area contributed by atoms with Crippen LogP contribution in [0.25, 0.3) is 0 Å². The van der Waals surface area contributed by atoms with E-state index in [0.717, 1.165) is 23.2 Å². The van der Waals surface area contributed by atoms with Crippen molar-refractivity contribution >= 4 is 17.6 Å². The van der Waals surface area contributed by atoms with Crippen LogP contribution in [0.3, 0.4) is 0 Å². The maximum Gasteiger partial charge on any atom is 0.243 e. The van der Waals surface area contributed by atoms with Crippen LogP contribution in [0.5, 0.6) is 11.5 Å². The zero-order valence-electron chi connectivity index (χ0n) is 15.9. The Morgan fingerprint density at radius 2 is 1.85 bits per heavy atom. The van der Waals surface area contributed by atoms with Gasteiger partial charge in [-0.05, 0) is 41.8 Å². The van der Waals surface area contributed by atoms with Crippen molar-refractivity contribution in [2.45, 2.75) is 19.9 Å². The summed E-state index contributed by atoms with van der Waals surface area (Å²) in [5.41, 5.74) is 8.68. The Labute approximate surface area is 159 Å². The second-order valence-electron chi connectivity index (χ2n) is 5.85. The molecule has 0 bridgehead atoms. The summed E-state index contributed by atoms with van der Waals surface area (Å²) in [5, 5.41) is 5.64. The summed E-state index contributed by atoms with van der Waals surface area (Å²) < 4.78 is 10.5.